The highest BCUT2D eigenvalue weighted by Crippen LogP contribution is 2.22. The lowest BCUT2D eigenvalue weighted by Gasteiger charge is -2.21. The molecular formula is C16H22N2O3. The molecule has 0 unspecified atom stereocenters. The van der Waals surface area contributed by atoms with Crippen LogP contribution in [0, 0.1) is 5.92 Å². The van der Waals surface area contributed by atoms with Gasteiger partial charge >= 0.3 is 5.97 Å². The molecule has 1 aromatic rings. The molecule has 0 heterocycles. The number of ether oxygens (including phenoxy) is 1. The molecule has 21 heavy (non-hydrogen) atoms. The Kier molecular flexibility index (Phi) is 5.60. The average molecular weight is 290 g/mol. The molecule has 1 aliphatic rings. The van der Waals surface area contributed by atoms with Crippen molar-refractivity contribution < 1.29 is 14.3 Å². The summed E-state index contributed by atoms with van der Waals surface area (Å²) in [4.78, 5) is 23.4. The fourth-order valence-corrected chi connectivity index (χ4v) is 2.53. The number of carbonyl (C=O) groups is 2. The van der Waals surface area contributed by atoms with Crippen LogP contribution in [0.1, 0.15) is 42.5 Å². The molecule has 3 N–H and O–H groups in total. The van der Waals surface area contributed by atoms with Crippen molar-refractivity contribution in [2.75, 3.05) is 18.9 Å². The van der Waals surface area contributed by atoms with E-state index in [0.717, 1.165) is 0 Å². The van der Waals surface area contributed by atoms with E-state index < -0.39 is 5.97 Å². The minimum atomic E-state index is -0.511. The number of nitrogens with two attached hydrogens (primary N) is 1. The third kappa shape index (κ3) is 5.10. The highest BCUT2D eigenvalue weighted by Gasteiger charge is 2.15. The number of hydrogen-bond acceptors (Lipinski definition) is 4. The molecule has 1 aliphatic carbocycles. The van der Waals surface area contributed by atoms with E-state index in [4.69, 9.17) is 10.5 Å². The fourth-order valence-electron chi connectivity index (χ4n) is 2.53. The Labute approximate surface area is 124 Å². The monoisotopic (exact) mass is 290 g/mol. The quantitative estimate of drug-likeness (QED) is 0.643. The molecule has 0 aromatic heterocycles. The molecule has 0 atom stereocenters. The predicted molar refractivity (Wildman–Crippen MR) is 80.7 cm³/mol. The van der Waals surface area contributed by atoms with Gasteiger partial charge < -0.3 is 15.8 Å². The van der Waals surface area contributed by atoms with Gasteiger partial charge in [0.25, 0.3) is 5.91 Å². The van der Waals surface area contributed by atoms with Crippen LogP contribution >= 0.6 is 0 Å². The van der Waals surface area contributed by atoms with Crippen molar-refractivity contribution in [3.63, 3.8) is 0 Å². The Morgan fingerprint density at radius 1 is 1.14 bits per heavy atom. The van der Waals surface area contributed by atoms with E-state index in [9.17, 15) is 9.59 Å². The van der Waals surface area contributed by atoms with Crippen molar-refractivity contribution in [3.8, 4) is 0 Å². The standard InChI is InChI=1S/C16H22N2O3/c17-14-8-6-13(7-9-14)16(20)21-11-15(19)18-10-12-4-2-1-3-5-12/h6-9,12H,1-5,10-11,17H2,(H,18,19). The van der Waals surface area contributed by atoms with Gasteiger partial charge in [-0.15, -0.1) is 0 Å². The number of esters is 1. The molecule has 1 aromatic carbocycles. The van der Waals surface area contributed by atoms with Crippen molar-refractivity contribution in [2.45, 2.75) is 32.1 Å². The zero-order valence-corrected chi connectivity index (χ0v) is 12.1. The van der Waals surface area contributed by atoms with Crippen LogP contribution in [0.15, 0.2) is 24.3 Å². The highest BCUT2D eigenvalue weighted by atomic mass is 16.5. The Hall–Kier alpha value is -2.04. The van der Waals surface area contributed by atoms with Crippen LogP contribution in [0.25, 0.3) is 0 Å². The zero-order valence-electron chi connectivity index (χ0n) is 12.1. The molecule has 0 saturated heterocycles. The van der Waals surface area contributed by atoms with Crippen LogP contribution in [0.3, 0.4) is 0 Å². The summed E-state index contributed by atoms with van der Waals surface area (Å²) in [7, 11) is 0. The molecule has 0 bridgehead atoms. The Balaban J connectivity index is 1.68. The van der Waals surface area contributed by atoms with Gasteiger partial charge in [-0.05, 0) is 43.0 Å². The predicted octanol–water partition coefficient (Wildman–Crippen LogP) is 2.12. The average Bonchev–Trinajstić information content (AvgIpc) is 2.52. The maximum Gasteiger partial charge on any atom is 0.338 e. The summed E-state index contributed by atoms with van der Waals surface area (Å²) in [5.74, 6) is -0.192. The molecule has 1 saturated carbocycles. The van der Waals surface area contributed by atoms with Crippen molar-refractivity contribution in [3.05, 3.63) is 29.8 Å². The molecule has 5 nitrogen and oxygen atoms in total. The minimum Gasteiger partial charge on any atom is -0.452 e. The molecule has 0 radical (unpaired) electrons. The van der Waals surface area contributed by atoms with Gasteiger partial charge in [0.05, 0.1) is 5.56 Å². The van der Waals surface area contributed by atoms with Gasteiger partial charge in [-0.3, -0.25) is 4.79 Å². The summed E-state index contributed by atoms with van der Waals surface area (Å²) in [6, 6.07) is 6.41. The number of nitrogen functional groups attached to an aromatic ring is 1. The maximum atomic E-state index is 11.7. The molecule has 0 aliphatic heterocycles. The first-order chi connectivity index (χ1) is 10.1. The Morgan fingerprint density at radius 3 is 2.48 bits per heavy atom. The smallest absolute Gasteiger partial charge is 0.338 e. The van der Waals surface area contributed by atoms with Gasteiger partial charge in [0.2, 0.25) is 0 Å². The van der Waals surface area contributed by atoms with E-state index in [1.807, 2.05) is 0 Å². The van der Waals surface area contributed by atoms with Crippen LogP contribution in [-0.2, 0) is 9.53 Å². The second-order valence-electron chi connectivity index (χ2n) is 5.51. The molecule has 114 valence electrons. The fraction of sp³-hybridized carbons (Fsp3) is 0.500. The molecule has 5 heteroatoms. The SMILES string of the molecule is Nc1ccc(C(=O)OCC(=O)NCC2CCCCC2)cc1. The number of nitrogens with one attached hydrogen (secondary N) is 1. The lowest BCUT2D eigenvalue weighted by atomic mass is 9.89. The zero-order chi connectivity index (χ0) is 15.1. The number of anilines is 1. The second-order valence-corrected chi connectivity index (χ2v) is 5.51. The Morgan fingerprint density at radius 2 is 1.81 bits per heavy atom. The van der Waals surface area contributed by atoms with Gasteiger partial charge in [0.1, 0.15) is 0 Å². The summed E-state index contributed by atoms with van der Waals surface area (Å²) in [5.41, 5.74) is 6.52. The van der Waals surface area contributed by atoms with Crippen LogP contribution in [0.2, 0.25) is 0 Å². The summed E-state index contributed by atoms with van der Waals surface area (Å²) >= 11 is 0. The summed E-state index contributed by atoms with van der Waals surface area (Å²) in [5, 5.41) is 2.83. The summed E-state index contributed by atoms with van der Waals surface area (Å²) < 4.78 is 4.98. The summed E-state index contributed by atoms with van der Waals surface area (Å²) in [6.45, 7) is 0.439. The van der Waals surface area contributed by atoms with Gasteiger partial charge in [0.15, 0.2) is 6.61 Å². The van der Waals surface area contributed by atoms with E-state index in [2.05, 4.69) is 5.32 Å². The largest absolute Gasteiger partial charge is 0.452 e. The molecule has 0 spiro atoms. The van der Waals surface area contributed by atoms with Gasteiger partial charge in [-0.2, -0.15) is 0 Å². The first-order valence-electron chi connectivity index (χ1n) is 7.44. The van der Waals surface area contributed by atoms with Gasteiger partial charge in [-0.1, -0.05) is 19.3 Å². The number of amides is 1. The van der Waals surface area contributed by atoms with E-state index in [1.54, 1.807) is 24.3 Å². The van der Waals surface area contributed by atoms with Crippen molar-refractivity contribution in [2.24, 2.45) is 5.92 Å². The normalized spacial score (nSPS) is 15.4. The van der Waals surface area contributed by atoms with E-state index in [0.29, 0.717) is 23.7 Å². The number of carbonyl (C=O) groups excluding carboxylic acids is 2. The molecule has 2 rings (SSSR count). The molecule has 1 amide bonds. The van der Waals surface area contributed by atoms with Crippen molar-refractivity contribution in [1.82, 2.24) is 5.32 Å². The molecular weight excluding hydrogens is 268 g/mol. The lowest BCUT2D eigenvalue weighted by Crippen LogP contribution is -2.33. The topological polar surface area (TPSA) is 81.4 Å². The number of benzene rings is 1. The van der Waals surface area contributed by atoms with Crippen LogP contribution in [0.5, 0.6) is 0 Å². The minimum absolute atomic E-state index is 0.240. The Bertz CT molecular complexity index is 479. The number of rotatable bonds is 5. The van der Waals surface area contributed by atoms with Gasteiger partial charge in [0, 0.05) is 12.2 Å². The first-order valence-corrected chi connectivity index (χ1v) is 7.44. The summed E-state index contributed by atoms with van der Waals surface area (Å²) in [6.07, 6.45) is 6.12. The van der Waals surface area contributed by atoms with E-state index >= 15 is 0 Å². The third-order valence-electron chi connectivity index (χ3n) is 3.79. The second kappa shape index (κ2) is 7.67. The van der Waals surface area contributed by atoms with Crippen LogP contribution in [-0.4, -0.2) is 25.0 Å². The van der Waals surface area contributed by atoms with Crippen molar-refractivity contribution >= 4 is 17.6 Å². The van der Waals surface area contributed by atoms with Crippen LogP contribution in [0.4, 0.5) is 5.69 Å². The van der Waals surface area contributed by atoms with E-state index in [1.165, 1.54) is 32.1 Å². The van der Waals surface area contributed by atoms with Crippen molar-refractivity contribution in [1.29, 1.82) is 0 Å². The first kappa shape index (κ1) is 15.4. The molecule has 1 fully saturated rings. The maximum absolute atomic E-state index is 11.7. The van der Waals surface area contributed by atoms with Crippen LogP contribution < -0.4 is 11.1 Å². The highest BCUT2D eigenvalue weighted by molar-refractivity contribution is 5.91. The van der Waals surface area contributed by atoms with Gasteiger partial charge in [-0.25, -0.2) is 4.79 Å². The van der Waals surface area contributed by atoms with E-state index in [-0.39, 0.29) is 12.5 Å². The number of hydrogen-bond donors (Lipinski definition) is 2. The third-order valence-corrected chi connectivity index (χ3v) is 3.79. The lowest BCUT2D eigenvalue weighted by molar-refractivity contribution is -0.124.